The normalized spacial score (nSPS) is 18.1. The van der Waals surface area contributed by atoms with Gasteiger partial charge in [0, 0.05) is 36.4 Å². The molecule has 4 N–H and O–H groups in total. The third-order valence-electron chi connectivity index (χ3n) is 5.76. The van der Waals surface area contributed by atoms with Crippen molar-refractivity contribution in [1.82, 2.24) is 25.3 Å². The Hall–Kier alpha value is -3.48. The number of nitrogens with zero attached hydrogens (tertiary/aromatic N) is 4. The lowest BCUT2D eigenvalue weighted by Crippen LogP contribution is -2.48. The van der Waals surface area contributed by atoms with E-state index in [9.17, 15) is 5.21 Å². The van der Waals surface area contributed by atoms with Gasteiger partial charge in [-0.05, 0) is 44.1 Å². The van der Waals surface area contributed by atoms with E-state index in [0.29, 0.717) is 57.4 Å². The number of piperidine rings is 1. The highest BCUT2D eigenvalue weighted by atomic mass is 32.1. The second-order valence-electron chi connectivity index (χ2n) is 8.17. The van der Waals surface area contributed by atoms with E-state index in [4.69, 9.17) is 26.4 Å². The summed E-state index contributed by atoms with van der Waals surface area (Å²) < 4.78 is 16.2. The van der Waals surface area contributed by atoms with Crippen molar-refractivity contribution in [2.24, 2.45) is 0 Å². The number of benzene rings is 1. The van der Waals surface area contributed by atoms with Crippen molar-refractivity contribution in [3.05, 3.63) is 30.5 Å². The zero-order valence-electron chi connectivity index (χ0n) is 20.0. The number of ether oxygens (including phenoxy) is 3. The van der Waals surface area contributed by atoms with Gasteiger partial charge in [-0.15, -0.1) is 0 Å². The van der Waals surface area contributed by atoms with E-state index in [-0.39, 0.29) is 12.1 Å². The highest BCUT2D eigenvalue weighted by Gasteiger charge is 2.24. The summed E-state index contributed by atoms with van der Waals surface area (Å²) in [6, 6.07) is 7.46. The van der Waals surface area contributed by atoms with Gasteiger partial charge in [0.15, 0.2) is 28.1 Å². The summed E-state index contributed by atoms with van der Waals surface area (Å²) in [4.78, 5) is 13.6. The van der Waals surface area contributed by atoms with Gasteiger partial charge in [0.05, 0.1) is 27.5 Å². The van der Waals surface area contributed by atoms with Crippen LogP contribution in [-0.2, 0) is 0 Å². The molecule has 1 saturated heterocycles. The van der Waals surface area contributed by atoms with Crippen molar-refractivity contribution in [1.29, 1.82) is 0 Å². The lowest BCUT2D eigenvalue weighted by atomic mass is 10.0. The molecule has 11 nitrogen and oxygen atoms in total. The van der Waals surface area contributed by atoms with Gasteiger partial charge in [-0.1, -0.05) is 0 Å². The number of aromatic nitrogens is 3. The summed E-state index contributed by atoms with van der Waals surface area (Å²) in [6.07, 6.45) is 3.22. The van der Waals surface area contributed by atoms with Crippen LogP contribution in [0.25, 0.3) is 11.2 Å². The summed E-state index contributed by atoms with van der Waals surface area (Å²) in [5.41, 5.74) is 1.79. The quantitative estimate of drug-likeness (QED) is 0.356. The van der Waals surface area contributed by atoms with Gasteiger partial charge in [0.2, 0.25) is 5.75 Å². The molecule has 35 heavy (non-hydrogen) atoms. The van der Waals surface area contributed by atoms with Crippen molar-refractivity contribution in [2.75, 3.05) is 38.5 Å². The van der Waals surface area contributed by atoms with Crippen LogP contribution in [0.2, 0.25) is 0 Å². The Bertz CT molecular complexity index is 1190. The standard InChI is InChI=1S/C23H29N7O4S/c1-13-9-14(7-8-30(13)31)26-23(35)29-19-6-5-16-22(27-19)28-20(12-24-16)25-15-10-17(32-2)21(34-4)18(11-15)33-3/h5-6,10-14,31H,7-9H2,1-4H3,(H3,25,26,27,28,29,35). The fraction of sp³-hybridized carbons (Fsp3) is 0.391. The maximum atomic E-state index is 9.77. The number of hydroxylamine groups is 2. The first-order valence-corrected chi connectivity index (χ1v) is 11.5. The molecule has 2 unspecified atom stereocenters. The van der Waals surface area contributed by atoms with E-state index in [0.717, 1.165) is 12.8 Å². The van der Waals surface area contributed by atoms with Gasteiger partial charge in [0.1, 0.15) is 11.3 Å². The van der Waals surface area contributed by atoms with Crippen LogP contribution in [0.5, 0.6) is 17.2 Å². The number of rotatable bonds is 7. The Balaban J connectivity index is 1.48. The molecule has 2 aromatic heterocycles. The summed E-state index contributed by atoms with van der Waals surface area (Å²) in [5, 5.41) is 21.2. The summed E-state index contributed by atoms with van der Waals surface area (Å²) in [7, 11) is 4.68. The van der Waals surface area contributed by atoms with Gasteiger partial charge in [0.25, 0.3) is 0 Å². The number of hydrogen-bond acceptors (Lipinski definition) is 10. The van der Waals surface area contributed by atoms with Crippen LogP contribution in [0, 0.1) is 0 Å². The average Bonchev–Trinajstić information content (AvgIpc) is 2.85. The van der Waals surface area contributed by atoms with Crippen molar-refractivity contribution < 1.29 is 19.4 Å². The number of thiocarbonyl (C=S) groups is 1. The summed E-state index contributed by atoms with van der Waals surface area (Å²) >= 11 is 5.47. The molecular weight excluding hydrogens is 470 g/mol. The van der Waals surface area contributed by atoms with Gasteiger partial charge in [-0.3, -0.25) is 0 Å². The lowest BCUT2D eigenvalue weighted by molar-refractivity contribution is -0.139. The summed E-state index contributed by atoms with van der Waals surface area (Å²) in [6.45, 7) is 2.59. The predicted octanol–water partition coefficient (Wildman–Crippen LogP) is 3.32. The minimum atomic E-state index is 0.0784. The summed E-state index contributed by atoms with van der Waals surface area (Å²) in [5.74, 6) is 2.60. The third kappa shape index (κ3) is 5.78. The van der Waals surface area contributed by atoms with Crippen LogP contribution in [0.3, 0.4) is 0 Å². The van der Waals surface area contributed by atoms with E-state index >= 15 is 0 Å². The first-order chi connectivity index (χ1) is 16.9. The van der Waals surface area contributed by atoms with Crippen molar-refractivity contribution in [3.8, 4) is 17.2 Å². The molecule has 1 aliphatic heterocycles. The Kier molecular flexibility index (Phi) is 7.63. The topological polar surface area (TPSA) is 126 Å². The number of fused-ring (bicyclic) bond motifs is 1. The molecule has 3 aromatic rings. The number of pyridine rings is 1. The Morgan fingerprint density at radius 2 is 1.80 bits per heavy atom. The molecule has 1 fully saturated rings. The third-order valence-corrected chi connectivity index (χ3v) is 5.98. The second kappa shape index (κ2) is 10.8. The van der Waals surface area contributed by atoms with Gasteiger partial charge in [-0.25, -0.2) is 15.0 Å². The van der Waals surface area contributed by atoms with Crippen LogP contribution in [-0.4, -0.2) is 70.3 Å². The van der Waals surface area contributed by atoms with Crippen LogP contribution in [0.1, 0.15) is 19.8 Å². The fourth-order valence-corrected chi connectivity index (χ4v) is 4.23. The van der Waals surface area contributed by atoms with E-state index < -0.39 is 0 Å². The molecule has 0 saturated carbocycles. The van der Waals surface area contributed by atoms with Crippen molar-refractivity contribution >= 4 is 45.8 Å². The van der Waals surface area contributed by atoms with E-state index in [1.165, 1.54) is 5.06 Å². The van der Waals surface area contributed by atoms with Gasteiger partial charge in [-0.2, -0.15) is 5.06 Å². The molecule has 1 aromatic carbocycles. The van der Waals surface area contributed by atoms with Crippen LogP contribution in [0.4, 0.5) is 17.3 Å². The highest BCUT2D eigenvalue weighted by Crippen LogP contribution is 2.40. The lowest BCUT2D eigenvalue weighted by Gasteiger charge is -2.34. The number of methoxy groups -OCH3 is 3. The Labute approximate surface area is 208 Å². The Morgan fingerprint density at radius 3 is 2.46 bits per heavy atom. The van der Waals surface area contributed by atoms with Crippen molar-refractivity contribution in [3.63, 3.8) is 0 Å². The van der Waals surface area contributed by atoms with Crippen LogP contribution in [0.15, 0.2) is 30.5 Å². The SMILES string of the molecule is COc1cc(Nc2cnc3ccc(NC(=S)NC4CCN(O)C(C)C4)nc3n2)cc(OC)c1OC. The molecule has 0 radical (unpaired) electrons. The minimum absolute atomic E-state index is 0.0784. The molecule has 0 bridgehead atoms. The van der Waals surface area contributed by atoms with Gasteiger partial charge < -0.3 is 35.4 Å². The Morgan fingerprint density at radius 1 is 1.09 bits per heavy atom. The minimum Gasteiger partial charge on any atom is -0.493 e. The molecule has 4 rings (SSSR count). The van der Waals surface area contributed by atoms with Crippen LogP contribution < -0.4 is 30.2 Å². The maximum absolute atomic E-state index is 9.77. The van der Waals surface area contributed by atoms with E-state index in [2.05, 4.69) is 30.9 Å². The average molecular weight is 500 g/mol. The van der Waals surface area contributed by atoms with E-state index in [1.54, 1.807) is 45.7 Å². The molecular formula is C23H29N7O4S. The largest absolute Gasteiger partial charge is 0.493 e. The molecule has 3 heterocycles. The molecule has 0 aliphatic carbocycles. The molecule has 1 aliphatic rings. The maximum Gasteiger partial charge on any atom is 0.203 e. The first kappa shape index (κ1) is 24.6. The number of nitrogens with one attached hydrogen (secondary N) is 3. The highest BCUT2D eigenvalue weighted by molar-refractivity contribution is 7.80. The monoisotopic (exact) mass is 499 g/mol. The zero-order chi connectivity index (χ0) is 24.9. The molecule has 2 atom stereocenters. The second-order valence-corrected chi connectivity index (χ2v) is 8.57. The number of anilines is 3. The zero-order valence-corrected chi connectivity index (χ0v) is 20.8. The number of hydrogen-bond donors (Lipinski definition) is 4. The predicted molar refractivity (Wildman–Crippen MR) is 137 cm³/mol. The van der Waals surface area contributed by atoms with Crippen LogP contribution >= 0.6 is 12.2 Å². The van der Waals surface area contributed by atoms with E-state index in [1.807, 2.05) is 13.0 Å². The van der Waals surface area contributed by atoms with Gasteiger partial charge >= 0.3 is 0 Å². The molecule has 12 heteroatoms. The first-order valence-electron chi connectivity index (χ1n) is 11.1. The van der Waals surface area contributed by atoms with Crippen molar-refractivity contribution in [2.45, 2.75) is 31.8 Å². The molecule has 0 amide bonds. The fourth-order valence-electron chi connectivity index (χ4n) is 3.96. The smallest absolute Gasteiger partial charge is 0.203 e. The molecule has 186 valence electrons. The molecule has 0 spiro atoms.